The molecule has 0 saturated carbocycles. The molecule has 20 heavy (non-hydrogen) atoms. The van der Waals surface area contributed by atoms with Crippen LogP contribution in [0.25, 0.3) is 0 Å². The van der Waals surface area contributed by atoms with Gasteiger partial charge in [-0.2, -0.15) is 0 Å². The molecule has 106 valence electrons. The number of rotatable bonds is 4. The second-order valence-corrected chi connectivity index (χ2v) is 5.16. The van der Waals surface area contributed by atoms with Crippen molar-refractivity contribution >= 4 is 23.2 Å². The van der Waals surface area contributed by atoms with Crippen LogP contribution in [0, 0.1) is 11.6 Å². The first-order valence-corrected chi connectivity index (χ1v) is 6.69. The van der Waals surface area contributed by atoms with Crippen LogP contribution in [0.3, 0.4) is 0 Å². The molecule has 1 heterocycles. The second-order valence-electron chi connectivity index (χ2n) is 4.31. The first-order valence-electron chi connectivity index (χ1n) is 5.93. The molecule has 1 atom stereocenters. The van der Waals surface area contributed by atoms with Gasteiger partial charge in [0.1, 0.15) is 0 Å². The molecule has 2 nitrogen and oxygen atoms in total. The van der Waals surface area contributed by atoms with E-state index in [1.165, 1.54) is 18.3 Å². The molecular weight excluding hydrogens is 305 g/mol. The van der Waals surface area contributed by atoms with E-state index in [9.17, 15) is 8.78 Å². The summed E-state index contributed by atoms with van der Waals surface area (Å²) in [6.45, 7) is 0. The van der Waals surface area contributed by atoms with E-state index in [-0.39, 0.29) is 6.04 Å². The van der Waals surface area contributed by atoms with Gasteiger partial charge < -0.3 is 5.32 Å². The van der Waals surface area contributed by atoms with Gasteiger partial charge >= 0.3 is 0 Å². The van der Waals surface area contributed by atoms with Crippen LogP contribution in [-0.2, 0) is 6.42 Å². The van der Waals surface area contributed by atoms with Gasteiger partial charge in [0.25, 0.3) is 0 Å². The summed E-state index contributed by atoms with van der Waals surface area (Å²) in [4.78, 5) is 4.19. The van der Waals surface area contributed by atoms with Crippen molar-refractivity contribution in [1.29, 1.82) is 0 Å². The third-order valence-corrected chi connectivity index (χ3v) is 3.45. The second kappa shape index (κ2) is 6.48. The summed E-state index contributed by atoms with van der Waals surface area (Å²) >= 11 is 11.9. The lowest BCUT2D eigenvalue weighted by Crippen LogP contribution is -2.20. The SMILES string of the molecule is CNC(Cc1ccc(F)c(F)c1)c1ncc(Cl)cc1Cl. The normalized spacial score (nSPS) is 12.4. The first kappa shape index (κ1) is 15.2. The number of pyridine rings is 1. The Kier molecular flexibility index (Phi) is 4.91. The molecule has 0 spiro atoms. The van der Waals surface area contributed by atoms with E-state index in [4.69, 9.17) is 23.2 Å². The van der Waals surface area contributed by atoms with Crippen LogP contribution in [0.1, 0.15) is 17.3 Å². The maximum atomic E-state index is 13.2. The van der Waals surface area contributed by atoms with Gasteiger partial charge in [0.15, 0.2) is 11.6 Å². The van der Waals surface area contributed by atoms with Gasteiger partial charge in [0.2, 0.25) is 0 Å². The predicted molar refractivity (Wildman–Crippen MR) is 76.1 cm³/mol. The van der Waals surface area contributed by atoms with Crippen molar-refractivity contribution in [3.05, 3.63) is 63.4 Å². The Hall–Kier alpha value is -1.23. The van der Waals surface area contributed by atoms with E-state index in [0.717, 1.165) is 6.07 Å². The van der Waals surface area contributed by atoms with Gasteiger partial charge in [0, 0.05) is 6.20 Å². The van der Waals surface area contributed by atoms with Crippen LogP contribution in [-0.4, -0.2) is 12.0 Å². The van der Waals surface area contributed by atoms with Crippen LogP contribution in [0.5, 0.6) is 0 Å². The van der Waals surface area contributed by atoms with Crippen LogP contribution < -0.4 is 5.32 Å². The van der Waals surface area contributed by atoms with Crippen molar-refractivity contribution in [3.8, 4) is 0 Å². The van der Waals surface area contributed by atoms with Crippen molar-refractivity contribution in [2.45, 2.75) is 12.5 Å². The summed E-state index contributed by atoms with van der Waals surface area (Å²) < 4.78 is 26.1. The van der Waals surface area contributed by atoms with Crippen LogP contribution in [0.2, 0.25) is 10.0 Å². The molecule has 2 rings (SSSR count). The number of nitrogens with one attached hydrogen (secondary N) is 1. The maximum absolute atomic E-state index is 13.2. The molecule has 0 amide bonds. The molecule has 0 saturated heterocycles. The zero-order valence-electron chi connectivity index (χ0n) is 10.6. The molecule has 0 aliphatic heterocycles. The molecule has 0 aliphatic rings. The molecule has 1 N–H and O–H groups in total. The van der Waals surface area contributed by atoms with E-state index >= 15 is 0 Å². The average molecular weight is 317 g/mol. The van der Waals surface area contributed by atoms with Crippen molar-refractivity contribution < 1.29 is 8.78 Å². The number of hydrogen-bond acceptors (Lipinski definition) is 2. The minimum Gasteiger partial charge on any atom is -0.311 e. The zero-order chi connectivity index (χ0) is 14.7. The highest BCUT2D eigenvalue weighted by atomic mass is 35.5. The van der Waals surface area contributed by atoms with Crippen molar-refractivity contribution in [2.24, 2.45) is 0 Å². The number of aromatic nitrogens is 1. The molecule has 0 fully saturated rings. The summed E-state index contributed by atoms with van der Waals surface area (Å²) in [6, 6.07) is 5.19. The van der Waals surface area contributed by atoms with Crippen LogP contribution >= 0.6 is 23.2 Å². The molecule has 0 aliphatic carbocycles. The van der Waals surface area contributed by atoms with Gasteiger partial charge in [-0.05, 0) is 37.2 Å². The van der Waals surface area contributed by atoms with Crippen molar-refractivity contribution in [3.63, 3.8) is 0 Å². The third-order valence-electron chi connectivity index (χ3n) is 2.94. The molecule has 6 heteroatoms. The summed E-state index contributed by atoms with van der Waals surface area (Å²) in [6.07, 6.45) is 1.93. The van der Waals surface area contributed by atoms with E-state index in [1.807, 2.05) is 0 Å². The summed E-state index contributed by atoms with van der Waals surface area (Å²) in [5.41, 5.74) is 1.26. The Morgan fingerprint density at radius 1 is 1.20 bits per heavy atom. The Morgan fingerprint density at radius 2 is 1.95 bits per heavy atom. The third kappa shape index (κ3) is 3.45. The topological polar surface area (TPSA) is 24.9 Å². The Bertz CT molecular complexity index is 620. The summed E-state index contributed by atoms with van der Waals surface area (Å²) in [7, 11) is 1.75. The standard InChI is InChI=1S/C14H12Cl2F2N2/c1-19-13(14-10(16)6-9(15)7-20-14)5-8-2-3-11(17)12(18)4-8/h2-4,6-7,13,19H,5H2,1H3. The number of benzene rings is 1. The number of halogens is 4. The van der Waals surface area contributed by atoms with Gasteiger partial charge in [-0.15, -0.1) is 0 Å². The van der Waals surface area contributed by atoms with Gasteiger partial charge in [-0.25, -0.2) is 8.78 Å². The smallest absolute Gasteiger partial charge is 0.159 e. The van der Waals surface area contributed by atoms with Gasteiger partial charge in [-0.1, -0.05) is 29.3 Å². The van der Waals surface area contributed by atoms with E-state index in [0.29, 0.717) is 27.7 Å². The number of hydrogen-bond donors (Lipinski definition) is 1. The fraction of sp³-hybridized carbons (Fsp3) is 0.214. The molecular formula is C14H12Cl2F2N2. The lowest BCUT2D eigenvalue weighted by molar-refractivity contribution is 0.504. The Morgan fingerprint density at radius 3 is 2.55 bits per heavy atom. The minimum atomic E-state index is -0.868. The van der Waals surface area contributed by atoms with Gasteiger partial charge in [0.05, 0.1) is 21.8 Å². The highest BCUT2D eigenvalue weighted by molar-refractivity contribution is 6.34. The molecule has 2 aromatic rings. The van der Waals surface area contributed by atoms with Crippen LogP contribution in [0.4, 0.5) is 8.78 Å². The van der Waals surface area contributed by atoms with E-state index < -0.39 is 11.6 Å². The molecule has 1 unspecified atom stereocenters. The first-order chi connectivity index (χ1) is 9.51. The van der Waals surface area contributed by atoms with E-state index in [1.54, 1.807) is 13.1 Å². The largest absolute Gasteiger partial charge is 0.311 e. The summed E-state index contributed by atoms with van der Waals surface area (Å²) in [5.74, 6) is -1.73. The monoisotopic (exact) mass is 316 g/mol. The highest BCUT2D eigenvalue weighted by Crippen LogP contribution is 2.26. The number of nitrogens with zero attached hydrogens (tertiary/aromatic N) is 1. The van der Waals surface area contributed by atoms with Crippen molar-refractivity contribution in [1.82, 2.24) is 10.3 Å². The molecule has 0 bridgehead atoms. The fourth-order valence-corrected chi connectivity index (χ4v) is 2.43. The maximum Gasteiger partial charge on any atom is 0.159 e. The van der Waals surface area contributed by atoms with E-state index in [2.05, 4.69) is 10.3 Å². The highest BCUT2D eigenvalue weighted by Gasteiger charge is 2.16. The fourth-order valence-electron chi connectivity index (χ4n) is 1.92. The summed E-state index contributed by atoms with van der Waals surface area (Å²) in [5, 5.41) is 3.93. The van der Waals surface area contributed by atoms with Crippen LogP contribution in [0.15, 0.2) is 30.5 Å². The Labute approximate surface area is 125 Å². The average Bonchev–Trinajstić information content (AvgIpc) is 2.41. The molecule has 1 aromatic carbocycles. The molecule has 0 radical (unpaired) electrons. The predicted octanol–water partition coefficient (Wildman–Crippen LogP) is 4.17. The zero-order valence-corrected chi connectivity index (χ0v) is 12.1. The lowest BCUT2D eigenvalue weighted by atomic mass is 10.0. The Balaban J connectivity index is 2.26. The number of likely N-dealkylation sites (N-methyl/N-ethyl adjacent to an activating group) is 1. The lowest BCUT2D eigenvalue weighted by Gasteiger charge is -2.17. The van der Waals surface area contributed by atoms with Gasteiger partial charge in [-0.3, -0.25) is 4.98 Å². The molecule has 1 aromatic heterocycles. The quantitative estimate of drug-likeness (QED) is 0.915. The minimum absolute atomic E-state index is 0.218. The van der Waals surface area contributed by atoms with Crippen molar-refractivity contribution in [2.75, 3.05) is 7.05 Å².